The van der Waals surface area contributed by atoms with E-state index in [0.717, 1.165) is 32.1 Å². The quantitative estimate of drug-likeness (QED) is 0.620. The summed E-state index contributed by atoms with van der Waals surface area (Å²) in [5.74, 6) is 0.0254. The average molecular weight is 396 g/mol. The lowest BCUT2D eigenvalue weighted by molar-refractivity contribution is -0.136. The molecule has 9 heteroatoms. The van der Waals surface area contributed by atoms with Gasteiger partial charge in [0.05, 0.1) is 5.75 Å². The number of nitrogens with two attached hydrogens (primary N) is 1. The molecule has 3 N–H and O–H groups in total. The van der Waals surface area contributed by atoms with E-state index < -0.39 is 9.84 Å². The van der Waals surface area contributed by atoms with Crippen LogP contribution < -0.4 is 11.1 Å². The molecule has 0 radical (unpaired) electrons. The minimum absolute atomic E-state index is 0. The Balaban J connectivity index is 0.00000312. The Morgan fingerprint density at radius 1 is 1.28 bits per heavy atom. The van der Waals surface area contributed by atoms with Crippen LogP contribution in [0, 0.1) is 5.41 Å². The van der Waals surface area contributed by atoms with Crippen LogP contribution in [0.25, 0.3) is 0 Å². The van der Waals surface area contributed by atoms with E-state index in [9.17, 15) is 18.0 Å². The topological polar surface area (TPSA) is 110 Å². The Kier molecular flexibility index (Phi) is 8.15. The van der Waals surface area contributed by atoms with Gasteiger partial charge in [0.15, 0.2) is 0 Å². The second kappa shape index (κ2) is 9.19. The van der Waals surface area contributed by atoms with Gasteiger partial charge in [-0.25, -0.2) is 8.42 Å². The maximum Gasteiger partial charge on any atom is 0.223 e. The minimum atomic E-state index is -3.08. The molecule has 1 saturated carbocycles. The fourth-order valence-electron chi connectivity index (χ4n) is 3.52. The highest BCUT2D eigenvalue weighted by atomic mass is 35.5. The lowest BCUT2D eigenvalue weighted by Crippen LogP contribution is -2.50. The van der Waals surface area contributed by atoms with Crippen molar-refractivity contribution in [3.63, 3.8) is 0 Å². The van der Waals surface area contributed by atoms with Crippen LogP contribution in [0.1, 0.15) is 44.9 Å². The van der Waals surface area contributed by atoms with Gasteiger partial charge in [-0.05, 0) is 37.5 Å². The molecule has 0 aromatic rings. The summed E-state index contributed by atoms with van der Waals surface area (Å²) in [5.41, 5.74) is 5.01. The zero-order valence-electron chi connectivity index (χ0n) is 14.8. The van der Waals surface area contributed by atoms with Crippen molar-refractivity contribution in [3.05, 3.63) is 0 Å². The van der Waals surface area contributed by atoms with Crippen molar-refractivity contribution in [1.29, 1.82) is 0 Å². The summed E-state index contributed by atoms with van der Waals surface area (Å²) in [6, 6.07) is 0.00186. The van der Waals surface area contributed by atoms with Crippen LogP contribution in [0.2, 0.25) is 0 Å². The molecule has 25 heavy (non-hydrogen) atoms. The standard InChI is InChI=1S/C16H29N3O4S.ClH/c1-24(22,23)12-16(6-7-16)10-15(21)19-9-3-2-4-13(19)11-18-14(20)5-8-17;/h13H,2-12,17H2,1H3,(H,18,20);1H. The monoisotopic (exact) mass is 395 g/mol. The second-order valence-electron chi connectivity index (χ2n) is 7.33. The predicted molar refractivity (Wildman–Crippen MR) is 99.3 cm³/mol. The summed E-state index contributed by atoms with van der Waals surface area (Å²) in [4.78, 5) is 26.2. The van der Waals surface area contributed by atoms with Crippen molar-refractivity contribution in [1.82, 2.24) is 10.2 Å². The molecule has 0 bridgehead atoms. The van der Waals surface area contributed by atoms with Crippen molar-refractivity contribution in [2.24, 2.45) is 11.1 Å². The summed E-state index contributed by atoms with van der Waals surface area (Å²) in [6.45, 7) is 1.45. The first-order valence-electron chi connectivity index (χ1n) is 8.69. The molecule has 2 fully saturated rings. The summed E-state index contributed by atoms with van der Waals surface area (Å²) >= 11 is 0. The lowest BCUT2D eigenvalue weighted by Gasteiger charge is -2.36. The van der Waals surface area contributed by atoms with E-state index >= 15 is 0 Å². The first kappa shape index (κ1) is 22.2. The van der Waals surface area contributed by atoms with Gasteiger partial charge in [-0.3, -0.25) is 9.59 Å². The highest BCUT2D eigenvalue weighted by Gasteiger charge is 2.47. The number of piperidine rings is 1. The number of carbonyl (C=O) groups excluding carboxylic acids is 2. The number of nitrogens with zero attached hydrogens (tertiary/aromatic N) is 1. The maximum atomic E-state index is 12.7. The van der Waals surface area contributed by atoms with E-state index in [1.807, 2.05) is 4.90 Å². The third-order valence-electron chi connectivity index (χ3n) is 4.91. The lowest BCUT2D eigenvalue weighted by atomic mass is 9.98. The molecule has 1 aliphatic heterocycles. The third kappa shape index (κ3) is 7.11. The van der Waals surface area contributed by atoms with Crippen LogP contribution in [-0.2, 0) is 19.4 Å². The SMILES string of the molecule is CS(=O)(=O)CC1(CC(=O)N2CCCCC2CNC(=O)CCN)CC1.Cl. The van der Waals surface area contributed by atoms with Crippen LogP contribution >= 0.6 is 12.4 Å². The number of nitrogens with one attached hydrogen (secondary N) is 1. The molecule has 1 saturated heterocycles. The van der Waals surface area contributed by atoms with Gasteiger partial charge >= 0.3 is 0 Å². The molecule has 0 spiro atoms. The third-order valence-corrected chi connectivity index (χ3v) is 6.04. The van der Waals surface area contributed by atoms with Gasteiger partial charge in [0, 0.05) is 44.8 Å². The minimum Gasteiger partial charge on any atom is -0.354 e. The fraction of sp³-hybridized carbons (Fsp3) is 0.875. The number of carbonyl (C=O) groups is 2. The summed E-state index contributed by atoms with van der Waals surface area (Å²) < 4.78 is 23.1. The summed E-state index contributed by atoms with van der Waals surface area (Å²) in [6.07, 6.45) is 6.29. The molecule has 2 amide bonds. The first-order chi connectivity index (χ1) is 11.2. The highest BCUT2D eigenvalue weighted by Crippen LogP contribution is 2.50. The van der Waals surface area contributed by atoms with E-state index in [-0.39, 0.29) is 47.9 Å². The Hall–Kier alpha value is -0.860. The maximum absolute atomic E-state index is 12.7. The summed E-state index contributed by atoms with van der Waals surface area (Å²) in [7, 11) is -3.08. The molecular weight excluding hydrogens is 366 g/mol. The average Bonchev–Trinajstić information content (AvgIpc) is 3.22. The molecule has 0 aromatic heterocycles. The molecule has 2 rings (SSSR count). The van der Waals surface area contributed by atoms with Crippen molar-refractivity contribution in [2.75, 3.05) is 31.6 Å². The van der Waals surface area contributed by atoms with E-state index in [0.29, 0.717) is 26.1 Å². The Morgan fingerprint density at radius 2 is 1.96 bits per heavy atom. The van der Waals surface area contributed by atoms with Gasteiger partial charge < -0.3 is 16.0 Å². The summed E-state index contributed by atoms with van der Waals surface area (Å²) in [5, 5.41) is 2.85. The molecule has 0 aromatic carbocycles. The van der Waals surface area contributed by atoms with E-state index in [1.165, 1.54) is 6.26 Å². The van der Waals surface area contributed by atoms with Gasteiger partial charge in [0.2, 0.25) is 11.8 Å². The Morgan fingerprint density at radius 3 is 2.52 bits per heavy atom. The van der Waals surface area contributed by atoms with Crippen LogP contribution in [0.5, 0.6) is 0 Å². The number of amides is 2. The number of rotatable bonds is 8. The van der Waals surface area contributed by atoms with E-state index in [4.69, 9.17) is 5.73 Å². The van der Waals surface area contributed by atoms with E-state index in [1.54, 1.807) is 0 Å². The first-order valence-corrected chi connectivity index (χ1v) is 10.7. The number of halogens is 1. The largest absolute Gasteiger partial charge is 0.354 e. The number of hydrogen-bond acceptors (Lipinski definition) is 5. The van der Waals surface area contributed by atoms with Gasteiger partial charge in [-0.15, -0.1) is 12.4 Å². The molecular formula is C16H30ClN3O4S. The zero-order valence-corrected chi connectivity index (χ0v) is 16.5. The van der Waals surface area contributed by atoms with Crippen LogP contribution in [0.4, 0.5) is 0 Å². The smallest absolute Gasteiger partial charge is 0.223 e. The normalized spacial score (nSPS) is 22.0. The second-order valence-corrected chi connectivity index (χ2v) is 9.47. The predicted octanol–water partition coefficient (Wildman–Crippen LogP) is 0.469. The van der Waals surface area contributed by atoms with Crippen molar-refractivity contribution < 1.29 is 18.0 Å². The molecule has 7 nitrogen and oxygen atoms in total. The van der Waals surface area contributed by atoms with Crippen LogP contribution in [0.3, 0.4) is 0 Å². The number of sulfone groups is 1. The molecule has 1 heterocycles. The van der Waals surface area contributed by atoms with Gasteiger partial charge in [-0.2, -0.15) is 0 Å². The molecule has 1 aliphatic carbocycles. The fourth-order valence-corrected chi connectivity index (χ4v) is 5.02. The zero-order chi connectivity index (χ0) is 17.8. The van der Waals surface area contributed by atoms with Crippen LogP contribution in [0.15, 0.2) is 0 Å². The van der Waals surface area contributed by atoms with Crippen molar-refractivity contribution >= 4 is 34.1 Å². The number of hydrogen-bond donors (Lipinski definition) is 2. The van der Waals surface area contributed by atoms with Gasteiger partial charge in [0.1, 0.15) is 9.84 Å². The highest BCUT2D eigenvalue weighted by molar-refractivity contribution is 7.90. The number of likely N-dealkylation sites (tertiary alicyclic amines) is 1. The molecule has 1 unspecified atom stereocenters. The molecule has 1 atom stereocenters. The van der Waals surface area contributed by atoms with Gasteiger partial charge in [0.25, 0.3) is 0 Å². The van der Waals surface area contributed by atoms with E-state index in [2.05, 4.69) is 5.32 Å². The van der Waals surface area contributed by atoms with Crippen molar-refractivity contribution in [3.8, 4) is 0 Å². The Bertz CT molecular complexity index is 578. The van der Waals surface area contributed by atoms with Crippen LogP contribution in [-0.4, -0.2) is 62.8 Å². The molecule has 2 aliphatic rings. The van der Waals surface area contributed by atoms with Gasteiger partial charge in [-0.1, -0.05) is 0 Å². The molecule has 146 valence electrons. The Labute approximate surface area is 156 Å². The van der Waals surface area contributed by atoms with Crippen molar-refractivity contribution in [2.45, 2.75) is 51.0 Å².